The SMILES string of the molecule is CNCCC=C(C)c1ccc(C(C)C)cc1. The van der Waals surface area contributed by atoms with Crippen LogP contribution >= 0.6 is 0 Å². The van der Waals surface area contributed by atoms with E-state index in [0.717, 1.165) is 13.0 Å². The Balaban J connectivity index is 2.69. The smallest absolute Gasteiger partial charge is 0.00171 e. The number of allylic oxidation sites excluding steroid dienone is 1. The molecule has 1 nitrogen and oxygen atoms in total. The molecule has 0 bridgehead atoms. The molecule has 1 aromatic rings. The first kappa shape index (κ1) is 13.0. The maximum atomic E-state index is 3.15. The average Bonchev–Trinajstić information content (AvgIpc) is 2.29. The molecule has 0 amide bonds. The Kier molecular flexibility index (Phi) is 5.27. The van der Waals surface area contributed by atoms with Gasteiger partial charge in [-0.1, -0.05) is 44.2 Å². The van der Waals surface area contributed by atoms with Crippen LogP contribution in [0.1, 0.15) is 44.2 Å². The highest BCUT2D eigenvalue weighted by Gasteiger charge is 1.99. The molecule has 0 aliphatic carbocycles. The van der Waals surface area contributed by atoms with Gasteiger partial charge in [0.25, 0.3) is 0 Å². The Hall–Kier alpha value is -1.08. The van der Waals surface area contributed by atoms with Crippen molar-refractivity contribution in [1.82, 2.24) is 5.32 Å². The maximum Gasteiger partial charge on any atom is -0.00171 e. The minimum atomic E-state index is 0.614. The van der Waals surface area contributed by atoms with Crippen molar-refractivity contribution in [2.45, 2.75) is 33.1 Å². The van der Waals surface area contributed by atoms with E-state index >= 15 is 0 Å². The minimum absolute atomic E-state index is 0.614. The number of hydrogen-bond donors (Lipinski definition) is 1. The molecule has 0 aromatic heterocycles. The third-order valence-corrected chi connectivity index (χ3v) is 2.88. The molecule has 0 fully saturated rings. The summed E-state index contributed by atoms with van der Waals surface area (Å²) in [4.78, 5) is 0. The molecule has 1 heteroatoms. The van der Waals surface area contributed by atoms with Gasteiger partial charge in [-0.15, -0.1) is 0 Å². The molecular weight excluding hydrogens is 194 g/mol. The summed E-state index contributed by atoms with van der Waals surface area (Å²) in [6.45, 7) is 7.68. The average molecular weight is 217 g/mol. The zero-order chi connectivity index (χ0) is 12.0. The van der Waals surface area contributed by atoms with Gasteiger partial charge in [0.05, 0.1) is 0 Å². The van der Waals surface area contributed by atoms with Gasteiger partial charge in [-0.25, -0.2) is 0 Å². The van der Waals surface area contributed by atoms with Crippen LogP contribution in [0.5, 0.6) is 0 Å². The summed E-state index contributed by atoms with van der Waals surface area (Å²) in [5.74, 6) is 0.614. The van der Waals surface area contributed by atoms with Gasteiger partial charge in [0.15, 0.2) is 0 Å². The van der Waals surface area contributed by atoms with E-state index in [4.69, 9.17) is 0 Å². The minimum Gasteiger partial charge on any atom is -0.319 e. The van der Waals surface area contributed by atoms with Crippen molar-refractivity contribution in [2.75, 3.05) is 13.6 Å². The lowest BCUT2D eigenvalue weighted by molar-refractivity contribution is 0.808. The lowest BCUT2D eigenvalue weighted by Crippen LogP contribution is -2.05. The van der Waals surface area contributed by atoms with Crippen LogP contribution in [0.2, 0.25) is 0 Å². The molecule has 88 valence electrons. The van der Waals surface area contributed by atoms with Crippen LogP contribution in [0.15, 0.2) is 30.3 Å². The van der Waals surface area contributed by atoms with Crippen LogP contribution in [0.4, 0.5) is 0 Å². The van der Waals surface area contributed by atoms with Crippen LogP contribution in [-0.2, 0) is 0 Å². The maximum absolute atomic E-state index is 3.15. The number of nitrogens with one attached hydrogen (secondary N) is 1. The normalized spacial score (nSPS) is 12.2. The Labute approximate surface area is 99.6 Å². The molecule has 0 saturated heterocycles. The van der Waals surface area contributed by atoms with Gasteiger partial charge < -0.3 is 5.32 Å². The van der Waals surface area contributed by atoms with Gasteiger partial charge in [0.2, 0.25) is 0 Å². The van der Waals surface area contributed by atoms with Crippen molar-refractivity contribution >= 4 is 5.57 Å². The second-order valence-electron chi connectivity index (χ2n) is 4.56. The first-order valence-electron chi connectivity index (χ1n) is 6.07. The largest absolute Gasteiger partial charge is 0.319 e. The molecule has 0 heterocycles. The van der Waals surface area contributed by atoms with Crippen molar-refractivity contribution in [1.29, 1.82) is 0 Å². The lowest BCUT2D eigenvalue weighted by Gasteiger charge is -2.07. The van der Waals surface area contributed by atoms with Gasteiger partial charge in [-0.2, -0.15) is 0 Å². The summed E-state index contributed by atoms with van der Waals surface area (Å²) in [5, 5.41) is 3.15. The first-order chi connectivity index (χ1) is 7.65. The van der Waals surface area contributed by atoms with Crippen molar-refractivity contribution in [3.8, 4) is 0 Å². The number of rotatable bonds is 5. The van der Waals surface area contributed by atoms with Crippen LogP contribution in [0, 0.1) is 0 Å². The zero-order valence-electron chi connectivity index (χ0n) is 10.9. The highest BCUT2D eigenvalue weighted by Crippen LogP contribution is 2.19. The highest BCUT2D eigenvalue weighted by molar-refractivity contribution is 5.63. The summed E-state index contributed by atoms with van der Waals surface area (Å²) in [5.41, 5.74) is 4.11. The van der Waals surface area contributed by atoms with E-state index < -0.39 is 0 Å². The molecule has 0 spiro atoms. The molecule has 0 atom stereocenters. The lowest BCUT2D eigenvalue weighted by atomic mass is 9.99. The Morgan fingerprint density at radius 1 is 1.25 bits per heavy atom. The van der Waals surface area contributed by atoms with Crippen LogP contribution in [0.3, 0.4) is 0 Å². The van der Waals surface area contributed by atoms with Gasteiger partial charge in [0, 0.05) is 0 Å². The van der Waals surface area contributed by atoms with E-state index in [2.05, 4.69) is 56.4 Å². The monoisotopic (exact) mass is 217 g/mol. The third kappa shape index (κ3) is 3.82. The molecule has 16 heavy (non-hydrogen) atoms. The first-order valence-corrected chi connectivity index (χ1v) is 6.07. The molecule has 0 aliphatic heterocycles. The summed E-state index contributed by atoms with van der Waals surface area (Å²) >= 11 is 0. The van der Waals surface area contributed by atoms with Crippen molar-refractivity contribution < 1.29 is 0 Å². The molecule has 1 aromatic carbocycles. The van der Waals surface area contributed by atoms with Gasteiger partial charge >= 0.3 is 0 Å². The Bertz CT molecular complexity index is 333. The third-order valence-electron chi connectivity index (χ3n) is 2.88. The standard InChI is InChI=1S/C15H23N/c1-12(2)14-7-9-15(10-8-14)13(3)6-5-11-16-4/h6-10,12,16H,5,11H2,1-4H3. The summed E-state index contributed by atoms with van der Waals surface area (Å²) in [6.07, 6.45) is 3.38. The summed E-state index contributed by atoms with van der Waals surface area (Å²) in [6, 6.07) is 8.91. The van der Waals surface area contributed by atoms with Crippen LogP contribution in [0.25, 0.3) is 5.57 Å². The predicted molar refractivity (Wildman–Crippen MR) is 72.7 cm³/mol. The molecule has 0 radical (unpaired) electrons. The van der Waals surface area contributed by atoms with E-state index in [1.165, 1.54) is 16.7 Å². The van der Waals surface area contributed by atoms with E-state index in [-0.39, 0.29) is 0 Å². The van der Waals surface area contributed by atoms with Gasteiger partial charge in [0.1, 0.15) is 0 Å². The fourth-order valence-corrected chi connectivity index (χ4v) is 1.68. The van der Waals surface area contributed by atoms with Crippen molar-refractivity contribution in [3.05, 3.63) is 41.5 Å². The van der Waals surface area contributed by atoms with E-state index in [9.17, 15) is 0 Å². The zero-order valence-corrected chi connectivity index (χ0v) is 10.9. The molecular formula is C15H23N. The van der Waals surface area contributed by atoms with E-state index in [1.54, 1.807) is 0 Å². The predicted octanol–water partition coefficient (Wildman–Crippen LogP) is 3.82. The summed E-state index contributed by atoms with van der Waals surface area (Å²) in [7, 11) is 1.99. The van der Waals surface area contributed by atoms with Crippen LogP contribution in [-0.4, -0.2) is 13.6 Å². The Morgan fingerprint density at radius 2 is 1.88 bits per heavy atom. The number of benzene rings is 1. The van der Waals surface area contributed by atoms with Gasteiger partial charge in [-0.05, 0) is 49.6 Å². The van der Waals surface area contributed by atoms with E-state index in [1.807, 2.05) is 7.05 Å². The molecule has 0 unspecified atom stereocenters. The Morgan fingerprint density at radius 3 is 2.38 bits per heavy atom. The van der Waals surface area contributed by atoms with Crippen molar-refractivity contribution in [2.24, 2.45) is 0 Å². The fourth-order valence-electron chi connectivity index (χ4n) is 1.68. The molecule has 1 rings (SSSR count). The highest BCUT2D eigenvalue weighted by atomic mass is 14.8. The molecule has 0 aliphatic rings. The van der Waals surface area contributed by atoms with Crippen molar-refractivity contribution in [3.63, 3.8) is 0 Å². The number of hydrogen-bond acceptors (Lipinski definition) is 1. The molecule has 0 saturated carbocycles. The topological polar surface area (TPSA) is 12.0 Å². The van der Waals surface area contributed by atoms with E-state index in [0.29, 0.717) is 5.92 Å². The summed E-state index contributed by atoms with van der Waals surface area (Å²) < 4.78 is 0. The fraction of sp³-hybridized carbons (Fsp3) is 0.467. The second-order valence-corrected chi connectivity index (χ2v) is 4.56. The van der Waals surface area contributed by atoms with Gasteiger partial charge in [-0.3, -0.25) is 0 Å². The van der Waals surface area contributed by atoms with Crippen LogP contribution < -0.4 is 5.32 Å². The molecule has 1 N–H and O–H groups in total. The quantitative estimate of drug-likeness (QED) is 0.739. The second kappa shape index (κ2) is 6.49.